The third-order valence-corrected chi connectivity index (χ3v) is 2.59. The van der Waals surface area contributed by atoms with Crippen LogP contribution in [0, 0.1) is 13.8 Å². The molecule has 1 amide bonds. The van der Waals surface area contributed by atoms with Gasteiger partial charge >= 0.3 is 5.97 Å². The first-order valence-corrected chi connectivity index (χ1v) is 6.07. The maximum absolute atomic E-state index is 11.8. The van der Waals surface area contributed by atoms with Crippen molar-refractivity contribution >= 4 is 11.9 Å². The van der Waals surface area contributed by atoms with Crippen molar-refractivity contribution < 1.29 is 14.7 Å². The van der Waals surface area contributed by atoms with Crippen molar-refractivity contribution in [2.45, 2.75) is 33.1 Å². The number of unbranched alkanes of at least 4 members (excludes halogenated alkanes) is 1. The Morgan fingerprint density at radius 2 is 1.72 bits per heavy atom. The van der Waals surface area contributed by atoms with E-state index in [0.717, 1.165) is 11.1 Å². The summed E-state index contributed by atoms with van der Waals surface area (Å²) >= 11 is 0. The molecule has 18 heavy (non-hydrogen) atoms. The highest BCUT2D eigenvalue weighted by Gasteiger charge is 2.06. The lowest BCUT2D eigenvalue weighted by molar-refractivity contribution is -0.137. The van der Waals surface area contributed by atoms with Crippen LogP contribution in [-0.2, 0) is 4.79 Å². The summed E-state index contributed by atoms with van der Waals surface area (Å²) in [6.45, 7) is 4.42. The van der Waals surface area contributed by atoms with Crippen LogP contribution >= 0.6 is 0 Å². The van der Waals surface area contributed by atoms with E-state index in [0.29, 0.717) is 24.9 Å². The summed E-state index contributed by atoms with van der Waals surface area (Å²) in [7, 11) is 0. The monoisotopic (exact) mass is 249 g/mol. The van der Waals surface area contributed by atoms with Gasteiger partial charge in [0, 0.05) is 18.5 Å². The van der Waals surface area contributed by atoms with Crippen molar-refractivity contribution in [2.24, 2.45) is 0 Å². The Kier molecular flexibility index (Phi) is 5.36. The Hall–Kier alpha value is -1.84. The summed E-state index contributed by atoms with van der Waals surface area (Å²) in [6.07, 6.45) is 1.42. The molecule has 1 aromatic rings. The fourth-order valence-corrected chi connectivity index (χ4v) is 1.81. The van der Waals surface area contributed by atoms with Gasteiger partial charge < -0.3 is 10.4 Å². The Morgan fingerprint density at radius 3 is 2.28 bits per heavy atom. The van der Waals surface area contributed by atoms with Gasteiger partial charge in [-0.15, -0.1) is 0 Å². The number of aryl methyl sites for hydroxylation is 2. The number of aliphatic carboxylic acids is 1. The molecule has 0 radical (unpaired) electrons. The first kappa shape index (κ1) is 14.2. The Morgan fingerprint density at radius 1 is 1.11 bits per heavy atom. The third-order valence-electron chi connectivity index (χ3n) is 2.59. The summed E-state index contributed by atoms with van der Waals surface area (Å²) in [5, 5.41) is 11.3. The molecule has 0 heterocycles. The highest BCUT2D eigenvalue weighted by atomic mass is 16.4. The van der Waals surface area contributed by atoms with Crippen LogP contribution < -0.4 is 5.32 Å². The highest BCUT2D eigenvalue weighted by molar-refractivity contribution is 5.94. The number of carbonyl (C=O) groups excluding carboxylic acids is 1. The van der Waals surface area contributed by atoms with Crippen molar-refractivity contribution in [2.75, 3.05) is 6.54 Å². The second kappa shape index (κ2) is 6.79. The predicted molar refractivity (Wildman–Crippen MR) is 69.7 cm³/mol. The lowest BCUT2D eigenvalue weighted by Gasteiger charge is -2.06. The molecular weight excluding hydrogens is 230 g/mol. The van der Waals surface area contributed by atoms with E-state index in [4.69, 9.17) is 5.11 Å². The van der Waals surface area contributed by atoms with Gasteiger partial charge in [-0.1, -0.05) is 17.2 Å². The third kappa shape index (κ3) is 4.99. The van der Waals surface area contributed by atoms with E-state index < -0.39 is 5.97 Å². The molecule has 4 heteroatoms. The standard InChI is InChI=1S/C14H19NO3/c1-10-7-11(2)9-12(8-10)14(18)15-6-4-3-5-13(16)17/h7-9H,3-6H2,1-2H3,(H,15,18)(H,16,17). The Labute approximate surface area is 107 Å². The zero-order valence-electron chi connectivity index (χ0n) is 10.8. The number of carboxylic acids is 1. The van der Waals surface area contributed by atoms with Crippen LogP contribution in [0.25, 0.3) is 0 Å². The van der Waals surface area contributed by atoms with Crippen LogP contribution in [0.1, 0.15) is 40.7 Å². The Bertz CT molecular complexity index is 420. The lowest BCUT2D eigenvalue weighted by atomic mass is 10.1. The molecule has 0 aliphatic heterocycles. The smallest absolute Gasteiger partial charge is 0.303 e. The van der Waals surface area contributed by atoms with Gasteiger partial charge in [-0.05, 0) is 38.8 Å². The number of amides is 1. The Balaban J connectivity index is 2.38. The second-order valence-corrected chi connectivity index (χ2v) is 4.48. The van der Waals surface area contributed by atoms with Crippen molar-refractivity contribution in [1.82, 2.24) is 5.32 Å². The quantitative estimate of drug-likeness (QED) is 0.760. The fraction of sp³-hybridized carbons (Fsp3) is 0.429. The second-order valence-electron chi connectivity index (χ2n) is 4.48. The summed E-state index contributed by atoms with van der Waals surface area (Å²) in [5.74, 6) is -0.896. The van der Waals surface area contributed by atoms with Gasteiger partial charge in [0.15, 0.2) is 0 Å². The van der Waals surface area contributed by atoms with Crippen LogP contribution in [0.3, 0.4) is 0 Å². The van der Waals surface area contributed by atoms with E-state index in [9.17, 15) is 9.59 Å². The number of rotatable bonds is 6. The molecule has 98 valence electrons. The number of hydrogen-bond acceptors (Lipinski definition) is 2. The van der Waals surface area contributed by atoms with Gasteiger partial charge in [0.25, 0.3) is 5.91 Å². The lowest BCUT2D eigenvalue weighted by Crippen LogP contribution is -2.24. The number of benzene rings is 1. The zero-order valence-corrected chi connectivity index (χ0v) is 10.8. The SMILES string of the molecule is Cc1cc(C)cc(C(=O)NCCCCC(=O)O)c1. The maximum Gasteiger partial charge on any atom is 0.303 e. The first-order chi connectivity index (χ1) is 8.49. The van der Waals surface area contributed by atoms with Crippen LogP contribution in [0.2, 0.25) is 0 Å². The summed E-state index contributed by atoms with van der Waals surface area (Å²) in [4.78, 5) is 22.1. The van der Waals surface area contributed by atoms with E-state index in [1.165, 1.54) is 0 Å². The minimum absolute atomic E-state index is 0.0999. The van der Waals surface area contributed by atoms with Crippen LogP contribution in [0.4, 0.5) is 0 Å². The number of nitrogens with one attached hydrogen (secondary N) is 1. The zero-order chi connectivity index (χ0) is 13.5. The van der Waals surface area contributed by atoms with Crippen LogP contribution in [0.5, 0.6) is 0 Å². The van der Waals surface area contributed by atoms with E-state index in [2.05, 4.69) is 5.32 Å². The van der Waals surface area contributed by atoms with Gasteiger partial charge in [0.2, 0.25) is 0 Å². The normalized spacial score (nSPS) is 10.1. The molecule has 0 saturated carbocycles. The van der Waals surface area contributed by atoms with Crippen molar-refractivity contribution in [3.63, 3.8) is 0 Å². The average molecular weight is 249 g/mol. The summed E-state index contributed by atoms with van der Waals surface area (Å²) in [6, 6.07) is 5.71. The first-order valence-electron chi connectivity index (χ1n) is 6.07. The van der Waals surface area contributed by atoms with E-state index in [-0.39, 0.29) is 12.3 Å². The predicted octanol–water partition coefficient (Wildman–Crippen LogP) is 2.29. The number of hydrogen-bond donors (Lipinski definition) is 2. The van der Waals surface area contributed by atoms with E-state index in [1.807, 2.05) is 32.0 Å². The molecule has 1 rings (SSSR count). The molecule has 2 N–H and O–H groups in total. The van der Waals surface area contributed by atoms with Crippen molar-refractivity contribution in [3.05, 3.63) is 34.9 Å². The van der Waals surface area contributed by atoms with Gasteiger partial charge in [-0.2, -0.15) is 0 Å². The molecule has 0 bridgehead atoms. The molecule has 0 unspecified atom stereocenters. The maximum atomic E-state index is 11.8. The molecule has 0 atom stereocenters. The molecular formula is C14H19NO3. The van der Waals surface area contributed by atoms with Crippen molar-refractivity contribution in [1.29, 1.82) is 0 Å². The number of carboxylic acid groups (broad SMARTS) is 1. The summed E-state index contributed by atoms with van der Waals surface area (Å²) in [5.41, 5.74) is 2.78. The topological polar surface area (TPSA) is 66.4 Å². The molecule has 0 aromatic heterocycles. The van der Waals surface area contributed by atoms with Gasteiger partial charge in [0.1, 0.15) is 0 Å². The van der Waals surface area contributed by atoms with E-state index in [1.54, 1.807) is 0 Å². The molecule has 0 saturated heterocycles. The molecule has 0 aliphatic carbocycles. The van der Waals surface area contributed by atoms with Crippen LogP contribution in [-0.4, -0.2) is 23.5 Å². The molecule has 1 aromatic carbocycles. The average Bonchev–Trinajstić information content (AvgIpc) is 2.26. The fourth-order valence-electron chi connectivity index (χ4n) is 1.81. The van der Waals surface area contributed by atoms with Gasteiger partial charge in [-0.3, -0.25) is 9.59 Å². The largest absolute Gasteiger partial charge is 0.481 e. The molecule has 0 aliphatic rings. The molecule has 0 spiro atoms. The van der Waals surface area contributed by atoms with Gasteiger partial charge in [-0.25, -0.2) is 0 Å². The van der Waals surface area contributed by atoms with E-state index >= 15 is 0 Å². The van der Waals surface area contributed by atoms with Gasteiger partial charge in [0.05, 0.1) is 0 Å². The minimum Gasteiger partial charge on any atom is -0.481 e. The summed E-state index contributed by atoms with van der Waals surface area (Å²) < 4.78 is 0. The highest BCUT2D eigenvalue weighted by Crippen LogP contribution is 2.08. The molecule has 0 fully saturated rings. The minimum atomic E-state index is -0.796. The number of carbonyl (C=O) groups is 2. The van der Waals surface area contributed by atoms with Crippen molar-refractivity contribution in [3.8, 4) is 0 Å². The van der Waals surface area contributed by atoms with Crippen LogP contribution in [0.15, 0.2) is 18.2 Å². The molecule has 4 nitrogen and oxygen atoms in total.